The zero-order chi connectivity index (χ0) is 10.9. The lowest BCUT2D eigenvalue weighted by Crippen LogP contribution is -2.54. The molecule has 0 unspecified atom stereocenters. The molecule has 0 aromatic carbocycles. The monoisotopic (exact) mass is 189 g/mol. The van der Waals surface area contributed by atoms with Crippen LogP contribution in [0.4, 0.5) is 0 Å². The van der Waals surface area contributed by atoms with Crippen LogP contribution in [0.15, 0.2) is 0 Å². The molecule has 4 nitrogen and oxygen atoms in total. The molecular formula is C9H19NO3. The van der Waals surface area contributed by atoms with E-state index in [2.05, 4.69) is 0 Å². The molecular weight excluding hydrogens is 170 g/mol. The number of hydrogen-bond donors (Lipinski definition) is 2. The molecule has 13 heavy (non-hydrogen) atoms. The molecule has 4 heteroatoms. The van der Waals surface area contributed by atoms with Crippen LogP contribution in [0.2, 0.25) is 0 Å². The van der Waals surface area contributed by atoms with Gasteiger partial charge in [0.1, 0.15) is 5.60 Å². The van der Waals surface area contributed by atoms with Crippen LogP contribution in [0.3, 0.4) is 0 Å². The summed E-state index contributed by atoms with van der Waals surface area (Å²) >= 11 is 0. The summed E-state index contributed by atoms with van der Waals surface area (Å²) in [5.41, 5.74) is -2.03. The van der Waals surface area contributed by atoms with E-state index < -0.39 is 17.0 Å². The van der Waals surface area contributed by atoms with Crippen molar-refractivity contribution in [2.24, 2.45) is 0 Å². The van der Waals surface area contributed by atoms with Gasteiger partial charge in [0.05, 0.1) is 12.1 Å². The van der Waals surface area contributed by atoms with E-state index in [-0.39, 0.29) is 6.61 Å². The second-order valence-electron chi connectivity index (χ2n) is 4.39. The third-order valence-corrected chi connectivity index (χ3v) is 2.12. The topological polar surface area (TPSA) is 60.8 Å². The van der Waals surface area contributed by atoms with Crippen LogP contribution in [0.25, 0.3) is 0 Å². The van der Waals surface area contributed by atoms with Crippen LogP contribution in [-0.4, -0.2) is 45.8 Å². The standard InChI is InChI=1S/C9H19NO3/c1-8(2,6-11)10(5)7(12)9(3,4)13/h11,13H,6H2,1-5H3. The number of carbonyl (C=O) groups is 1. The van der Waals surface area contributed by atoms with Crippen molar-refractivity contribution in [2.75, 3.05) is 13.7 Å². The summed E-state index contributed by atoms with van der Waals surface area (Å²) in [5.74, 6) is -0.397. The average Bonchev–Trinajstić information content (AvgIpc) is 2.00. The Balaban J connectivity index is 4.62. The zero-order valence-electron chi connectivity index (χ0n) is 8.96. The Morgan fingerprint density at radius 2 is 1.69 bits per heavy atom. The van der Waals surface area contributed by atoms with Crippen molar-refractivity contribution in [1.82, 2.24) is 4.90 Å². The van der Waals surface area contributed by atoms with Crippen LogP contribution >= 0.6 is 0 Å². The molecule has 0 aliphatic heterocycles. The number of carbonyl (C=O) groups excluding carboxylic acids is 1. The van der Waals surface area contributed by atoms with Gasteiger partial charge < -0.3 is 15.1 Å². The van der Waals surface area contributed by atoms with Crippen LogP contribution in [-0.2, 0) is 4.79 Å². The van der Waals surface area contributed by atoms with Crippen molar-refractivity contribution >= 4 is 5.91 Å². The van der Waals surface area contributed by atoms with Gasteiger partial charge in [-0.2, -0.15) is 0 Å². The molecule has 2 N–H and O–H groups in total. The van der Waals surface area contributed by atoms with Gasteiger partial charge in [-0.15, -0.1) is 0 Å². The molecule has 1 amide bonds. The number of aliphatic hydroxyl groups excluding tert-OH is 1. The molecule has 0 spiro atoms. The minimum Gasteiger partial charge on any atom is -0.394 e. The number of likely N-dealkylation sites (N-methyl/N-ethyl adjacent to an activating group) is 1. The Morgan fingerprint density at radius 3 is 1.92 bits per heavy atom. The van der Waals surface area contributed by atoms with Gasteiger partial charge in [-0.3, -0.25) is 4.79 Å². The maximum atomic E-state index is 11.5. The van der Waals surface area contributed by atoms with Crippen molar-refractivity contribution in [3.8, 4) is 0 Å². The minimum atomic E-state index is -1.39. The summed E-state index contributed by atoms with van der Waals surface area (Å²) in [4.78, 5) is 12.9. The fraction of sp³-hybridized carbons (Fsp3) is 0.889. The van der Waals surface area contributed by atoms with Gasteiger partial charge in [0.15, 0.2) is 0 Å². The first-order chi connectivity index (χ1) is 5.63. The van der Waals surface area contributed by atoms with Crippen LogP contribution in [0.1, 0.15) is 27.7 Å². The van der Waals surface area contributed by atoms with E-state index in [0.717, 1.165) is 0 Å². The molecule has 0 aliphatic rings. The molecule has 0 rings (SSSR count). The van der Waals surface area contributed by atoms with Crippen molar-refractivity contribution in [2.45, 2.75) is 38.8 Å². The highest BCUT2D eigenvalue weighted by atomic mass is 16.3. The number of hydrogen-bond acceptors (Lipinski definition) is 3. The first kappa shape index (κ1) is 12.4. The largest absolute Gasteiger partial charge is 0.394 e. The molecule has 0 aromatic rings. The average molecular weight is 189 g/mol. The van der Waals surface area contributed by atoms with Gasteiger partial charge in [-0.25, -0.2) is 0 Å². The fourth-order valence-corrected chi connectivity index (χ4v) is 0.791. The molecule has 78 valence electrons. The maximum Gasteiger partial charge on any atom is 0.254 e. The second kappa shape index (κ2) is 3.64. The van der Waals surface area contributed by atoms with Gasteiger partial charge in [0.2, 0.25) is 0 Å². The van der Waals surface area contributed by atoms with Gasteiger partial charge >= 0.3 is 0 Å². The highest BCUT2D eigenvalue weighted by Gasteiger charge is 2.34. The number of aliphatic hydroxyl groups is 2. The molecule has 0 atom stereocenters. The molecule has 0 saturated carbocycles. The molecule has 0 fully saturated rings. The lowest BCUT2D eigenvalue weighted by molar-refractivity contribution is -0.152. The summed E-state index contributed by atoms with van der Waals surface area (Å²) in [6.07, 6.45) is 0. The SMILES string of the molecule is CN(C(=O)C(C)(C)O)C(C)(C)CO. The molecule has 0 bridgehead atoms. The van der Waals surface area contributed by atoms with Crippen LogP contribution < -0.4 is 0 Å². The van der Waals surface area contributed by atoms with E-state index in [1.807, 2.05) is 0 Å². The van der Waals surface area contributed by atoms with Crippen LogP contribution in [0, 0.1) is 0 Å². The van der Waals surface area contributed by atoms with E-state index in [1.54, 1.807) is 20.9 Å². The van der Waals surface area contributed by atoms with E-state index in [9.17, 15) is 9.90 Å². The van der Waals surface area contributed by atoms with Crippen LogP contribution in [0.5, 0.6) is 0 Å². The zero-order valence-corrected chi connectivity index (χ0v) is 8.96. The van der Waals surface area contributed by atoms with E-state index >= 15 is 0 Å². The molecule has 0 radical (unpaired) electrons. The van der Waals surface area contributed by atoms with E-state index in [0.29, 0.717) is 0 Å². The lowest BCUT2D eigenvalue weighted by atomic mass is 10.0. The molecule has 0 heterocycles. The van der Waals surface area contributed by atoms with E-state index in [4.69, 9.17) is 5.11 Å². The molecule has 0 aliphatic carbocycles. The Labute approximate surface area is 79.2 Å². The summed E-state index contributed by atoms with van der Waals surface area (Å²) < 4.78 is 0. The Kier molecular flexibility index (Phi) is 3.47. The van der Waals surface area contributed by atoms with Gasteiger partial charge in [-0.1, -0.05) is 0 Å². The predicted molar refractivity (Wildman–Crippen MR) is 50.2 cm³/mol. The smallest absolute Gasteiger partial charge is 0.254 e. The number of nitrogens with zero attached hydrogens (tertiary/aromatic N) is 1. The molecule has 0 aromatic heterocycles. The first-order valence-corrected chi connectivity index (χ1v) is 4.24. The third kappa shape index (κ3) is 2.97. The quantitative estimate of drug-likeness (QED) is 0.656. The summed E-state index contributed by atoms with van der Waals surface area (Å²) in [6.45, 7) is 6.19. The van der Waals surface area contributed by atoms with Gasteiger partial charge in [-0.05, 0) is 27.7 Å². The summed E-state index contributed by atoms with van der Waals surface area (Å²) in [6, 6.07) is 0. The van der Waals surface area contributed by atoms with Gasteiger partial charge in [0, 0.05) is 7.05 Å². The fourth-order valence-electron chi connectivity index (χ4n) is 0.791. The minimum absolute atomic E-state index is 0.134. The normalized spacial score (nSPS) is 12.8. The summed E-state index contributed by atoms with van der Waals surface area (Å²) in [5, 5.41) is 18.4. The highest BCUT2D eigenvalue weighted by Crippen LogP contribution is 2.16. The Morgan fingerprint density at radius 1 is 1.31 bits per heavy atom. The first-order valence-electron chi connectivity index (χ1n) is 4.24. The van der Waals surface area contributed by atoms with Crippen molar-refractivity contribution < 1.29 is 15.0 Å². The maximum absolute atomic E-state index is 11.5. The number of rotatable bonds is 3. The van der Waals surface area contributed by atoms with Crippen molar-refractivity contribution in [3.63, 3.8) is 0 Å². The Bertz CT molecular complexity index is 194. The molecule has 0 saturated heterocycles. The lowest BCUT2D eigenvalue weighted by Gasteiger charge is -2.37. The van der Waals surface area contributed by atoms with Crippen molar-refractivity contribution in [3.05, 3.63) is 0 Å². The van der Waals surface area contributed by atoms with Crippen molar-refractivity contribution in [1.29, 1.82) is 0 Å². The number of amides is 1. The second-order valence-corrected chi connectivity index (χ2v) is 4.39. The van der Waals surface area contributed by atoms with E-state index in [1.165, 1.54) is 18.7 Å². The van der Waals surface area contributed by atoms with Gasteiger partial charge in [0.25, 0.3) is 5.91 Å². The predicted octanol–water partition coefficient (Wildman–Crippen LogP) is -0.0134. The third-order valence-electron chi connectivity index (χ3n) is 2.12. The Hall–Kier alpha value is -0.610. The summed E-state index contributed by atoms with van der Waals surface area (Å²) in [7, 11) is 1.57. The highest BCUT2D eigenvalue weighted by molar-refractivity contribution is 5.84.